The van der Waals surface area contributed by atoms with Gasteiger partial charge in [-0.15, -0.1) is 11.3 Å². The largest absolute Gasteiger partial charge is 0.497 e. The van der Waals surface area contributed by atoms with Crippen molar-refractivity contribution >= 4 is 27.5 Å². The van der Waals surface area contributed by atoms with Crippen molar-refractivity contribution in [1.29, 1.82) is 0 Å². The Morgan fingerprint density at radius 3 is 2.67 bits per heavy atom. The lowest BCUT2D eigenvalue weighted by Gasteiger charge is -2.06. The van der Waals surface area contributed by atoms with Crippen molar-refractivity contribution in [2.24, 2.45) is 0 Å². The molecule has 6 heteroatoms. The van der Waals surface area contributed by atoms with Crippen LogP contribution in [0.25, 0.3) is 20.8 Å². The smallest absolute Gasteiger partial charge is 0.315 e. The molecule has 134 valence electrons. The Bertz CT molecular complexity index is 1060. The molecule has 0 aliphatic heterocycles. The number of ether oxygens (including phenoxy) is 2. The lowest BCUT2D eigenvalue weighted by molar-refractivity contribution is -0.133. The molecule has 2 aromatic carbocycles. The number of carbonyl (C=O) groups is 1. The molecular formula is C21H16N2O3S. The minimum atomic E-state index is -0.314. The number of aromatic nitrogens is 2. The van der Waals surface area contributed by atoms with Crippen LogP contribution in [0.3, 0.4) is 0 Å². The second kappa shape index (κ2) is 7.55. The molecule has 0 radical (unpaired) electrons. The van der Waals surface area contributed by atoms with Gasteiger partial charge in [0.25, 0.3) is 0 Å². The topological polar surface area (TPSA) is 61.3 Å². The number of pyridine rings is 1. The Hall–Kier alpha value is -3.25. The zero-order valence-electron chi connectivity index (χ0n) is 14.6. The van der Waals surface area contributed by atoms with Crippen LogP contribution in [0.4, 0.5) is 0 Å². The molecule has 5 nitrogen and oxygen atoms in total. The van der Waals surface area contributed by atoms with Crippen LogP contribution in [0, 0.1) is 0 Å². The van der Waals surface area contributed by atoms with Gasteiger partial charge in [0.1, 0.15) is 16.5 Å². The molecule has 4 rings (SSSR count). The van der Waals surface area contributed by atoms with E-state index >= 15 is 0 Å². The summed E-state index contributed by atoms with van der Waals surface area (Å²) in [5.41, 5.74) is 2.78. The van der Waals surface area contributed by atoms with Crippen LogP contribution in [-0.2, 0) is 11.2 Å². The number of hydrogen-bond acceptors (Lipinski definition) is 6. The molecule has 2 heterocycles. The van der Waals surface area contributed by atoms with E-state index in [-0.39, 0.29) is 12.4 Å². The van der Waals surface area contributed by atoms with Gasteiger partial charge in [-0.2, -0.15) is 0 Å². The highest BCUT2D eigenvalue weighted by molar-refractivity contribution is 7.21. The van der Waals surface area contributed by atoms with Crippen molar-refractivity contribution in [3.8, 4) is 22.1 Å². The molecule has 0 saturated carbocycles. The van der Waals surface area contributed by atoms with E-state index in [9.17, 15) is 4.79 Å². The maximum absolute atomic E-state index is 12.3. The first-order chi connectivity index (χ1) is 13.2. The van der Waals surface area contributed by atoms with Crippen LogP contribution in [0.15, 0.2) is 67.0 Å². The zero-order valence-corrected chi connectivity index (χ0v) is 15.4. The van der Waals surface area contributed by atoms with Crippen molar-refractivity contribution in [2.45, 2.75) is 6.42 Å². The molecule has 0 atom stereocenters. The number of benzene rings is 2. The number of carbonyl (C=O) groups excluding carboxylic acids is 1. The van der Waals surface area contributed by atoms with Gasteiger partial charge in [-0.3, -0.25) is 9.78 Å². The molecule has 27 heavy (non-hydrogen) atoms. The molecule has 0 amide bonds. The van der Waals surface area contributed by atoms with Crippen LogP contribution < -0.4 is 9.47 Å². The molecule has 0 aliphatic carbocycles. The van der Waals surface area contributed by atoms with E-state index in [2.05, 4.69) is 9.97 Å². The number of nitrogens with zero attached hydrogens (tertiary/aromatic N) is 2. The van der Waals surface area contributed by atoms with Crippen LogP contribution in [0.5, 0.6) is 11.5 Å². The lowest BCUT2D eigenvalue weighted by atomic mass is 10.1. The summed E-state index contributed by atoms with van der Waals surface area (Å²) in [4.78, 5) is 21.0. The molecule has 4 aromatic rings. The monoisotopic (exact) mass is 376 g/mol. The standard InChI is InChI=1S/C21H16N2O3S/c1-25-16-5-7-17(8-6-16)26-20(24)12-14-3-2-4-15(11-14)21-23-18-9-10-22-13-19(18)27-21/h2-11,13H,12H2,1H3. The molecule has 0 spiro atoms. The summed E-state index contributed by atoms with van der Waals surface area (Å²) in [6.45, 7) is 0. The molecule has 0 bridgehead atoms. The Morgan fingerprint density at radius 2 is 1.89 bits per heavy atom. The van der Waals surface area contributed by atoms with Crippen LogP contribution in [-0.4, -0.2) is 23.0 Å². The van der Waals surface area contributed by atoms with Crippen LogP contribution >= 0.6 is 11.3 Å². The van der Waals surface area contributed by atoms with E-state index in [0.29, 0.717) is 11.5 Å². The van der Waals surface area contributed by atoms with Gasteiger partial charge in [0.05, 0.1) is 23.7 Å². The van der Waals surface area contributed by atoms with E-state index in [0.717, 1.165) is 26.4 Å². The maximum Gasteiger partial charge on any atom is 0.315 e. The number of thiazole rings is 1. The SMILES string of the molecule is COc1ccc(OC(=O)Cc2cccc(-c3nc4ccncc4s3)c2)cc1. The van der Waals surface area contributed by atoms with Gasteiger partial charge in [-0.25, -0.2) is 4.98 Å². The summed E-state index contributed by atoms with van der Waals surface area (Å²) >= 11 is 1.58. The zero-order chi connectivity index (χ0) is 18.6. The molecule has 2 aromatic heterocycles. The Labute approximate surface area is 160 Å². The van der Waals surface area contributed by atoms with Crippen molar-refractivity contribution < 1.29 is 14.3 Å². The molecule has 0 aliphatic rings. The minimum absolute atomic E-state index is 0.187. The summed E-state index contributed by atoms with van der Waals surface area (Å²) in [6.07, 6.45) is 3.73. The number of rotatable bonds is 5. The fraction of sp³-hybridized carbons (Fsp3) is 0.0952. The van der Waals surface area contributed by atoms with Crippen molar-refractivity contribution in [2.75, 3.05) is 7.11 Å². The minimum Gasteiger partial charge on any atom is -0.497 e. The van der Waals surface area contributed by atoms with E-state index in [1.54, 1.807) is 48.9 Å². The number of hydrogen-bond donors (Lipinski definition) is 0. The first kappa shape index (κ1) is 17.2. The fourth-order valence-electron chi connectivity index (χ4n) is 2.70. The number of methoxy groups -OCH3 is 1. The van der Waals surface area contributed by atoms with Gasteiger partial charge >= 0.3 is 5.97 Å². The lowest BCUT2D eigenvalue weighted by Crippen LogP contribution is -2.11. The summed E-state index contributed by atoms with van der Waals surface area (Å²) < 4.78 is 11.5. The highest BCUT2D eigenvalue weighted by Crippen LogP contribution is 2.30. The highest BCUT2D eigenvalue weighted by Gasteiger charge is 2.10. The molecule has 0 saturated heterocycles. The third-order valence-electron chi connectivity index (χ3n) is 4.00. The summed E-state index contributed by atoms with van der Waals surface area (Å²) in [5, 5.41) is 0.906. The summed E-state index contributed by atoms with van der Waals surface area (Å²) in [5.74, 6) is 0.898. The van der Waals surface area contributed by atoms with Crippen molar-refractivity contribution in [3.63, 3.8) is 0 Å². The van der Waals surface area contributed by atoms with Gasteiger partial charge in [0, 0.05) is 18.0 Å². The number of esters is 1. The van der Waals surface area contributed by atoms with Gasteiger partial charge < -0.3 is 9.47 Å². The normalized spacial score (nSPS) is 10.7. The van der Waals surface area contributed by atoms with Gasteiger partial charge in [0.15, 0.2) is 0 Å². The highest BCUT2D eigenvalue weighted by atomic mass is 32.1. The Kier molecular flexibility index (Phi) is 4.80. The first-order valence-corrected chi connectivity index (χ1v) is 9.17. The quantitative estimate of drug-likeness (QED) is 0.379. The average Bonchev–Trinajstić information content (AvgIpc) is 3.13. The number of fused-ring (bicyclic) bond motifs is 1. The van der Waals surface area contributed by atoms with E-state index in [1.807, 2.05) is 36.5 Å². The molecule has 0 N–H and O–H groups in total. The predicted octanol–water partition coefficient (Wildman–Crippen LogP) is 4.52. The van der Waals surface area contributed by atoms with Gasteiger partial charge in [0.2, 0.25) is 0 Å². The molecule has 0 fully saturated rings. The summed E-state index contributed by atoms with van der Waals surface area (Å²) in [6, 6.07) is 16.6. The first-order valence-electron chi connectivity index (χ1n) is 8.36. The van der Waals surface area contributed by atoms with Crippen molar-refractivity contribution in [1.82, 2.24) is 9.97 Å². The van der Waals surface area contributed by atoms with E-state index in [1.165, 1.54) is 0 Å². The third kappa shape index (κ3) is 3.96. The van der Waals surface area contributed by atoms with Gasteiger partial charge in [-0.1, -0.05) is 18.2 Å². The molecular weight excluding hydrogens is 360 g/mol. The second-order valence-corrected chi connectivity index (χ2v) is 6.92. The second-order valence-electron chi connectivity index (χ2n) is 5.89. The Morgan fingerprint density at radius 1 is 1.07 bits per heavy atom. The third-order valence-corrected chi connectivity index (χ3v) is 5.06. The predicted molar refractivity (Wildman–Crippen MR) is 105 cm³/mol. The fourth-order valence-corrected chi connectivity index (χ4v) is 3.62. The summed E-state index contributed by atoms with van der Waals surface area (Å²) in [7, 11) is 1.59. The Balaban J connectivity index is 1.49. The van der Waals surface area contributed by atoms with Crippen LogP contribution in [0.2, 0.25) is 0 Å². The van der Waals surface area contributed by atoms with Crippen LogP contribution in [0.1, 0.15) is 5.56 Å². The van der Waals surface area contributed by atoms with Gasteiger partial charge in [-0.05, 0) is 42.0 Å². The van der Waals surface area contributed by atoms with Crippen molar-refractivity contribution in [3.05, 3.63) is 72.6 Å². The molecule has 0 unspecified atom stereocenters. The van der Waals surface area contributed by atoms with E-state index < -0.39 is 0 Å². The maximum atomic E-state index is 12.3. The average molecular weight is 376 g/mol. The van der Waals surface area contributed by atoms with E-state index in [4.69, 9.17) is 9.47 Å².